The first kappa shape index (κ1) is 18.8. The minimum atomic E-state index is -0.272. The van der Waals surface area contributed by atoms with Gasteiger partial charge in [0.2, 0.25) is 11.8 Å². The molecule has 5 heteroatoms. The van der Waals surface area contributed by atoms with Crippen LogP contribution in [0.15, 0.2) is 24.3 Å². The highest BCUT2D eigenvalue weighted by Crippen LogP contribution is 2.26. The lowest BCUT2D eigenvalue weighted by Crippen LogP contribution is -2.38. The molecule has 0 bridgehead atoms. The van der Waals surface area contributed by atoms with E-state index in [0.29, 0.717) is 11.6 Å². The van der Waals surface area contributed by atoms with Crippen LogP contribution in [0.25, 0.3) is 0 Å². The van der Waals surface area contributed by atoms with Gasteiger partial charge in [0.25, 0.3) is 0 Å². The molecule has 2 rings (SSSR count). The highest BCUT2D eigenvalue weighted by molar-refractivity contribution is 6.30. The number of benzene rings is 1. The first-order valence-corrected chi connectivity index (χ1v) is 9.25. The van der Waals surface area contributed by atoms with Crippen LogP contribution in [-0.4, -0.2) is 24.4 Å². The Hall–Kier alpha value is -1.55. The normalized spacial score (nSPS) is 18.7. The first-order valence-electron chi connectivity index (χ1n) is 8.87. The molecule has 24 heavy (non-hydrogen) atoms. The Morgan fingerprint density at radius 1 is 1.29 bits per heavy atom. The van der Waals surface area contributed by atoms with Gasteiger partial charge in [0.1, 0.15) is 0 Å². The van der Waals surface area contributed by atoms with Gasteiger partial charge in [0.15, 0.2) is 0 Å². The Morgan fingerprint density at radius 2 is 2.00 bits per heavy atom. The smallest absolute Gasteiger partial charge is 0.227 e. The molecule has 4 nitrogen and oxygen atoms in total. The minimum absolute atomic E-state index is 0.00642. The molecule has 1 aromatic rings. The Labute approximate surface area is 149 Å². The van der Waals surface area contributed by atoms with E-state index in [2.05, 4.69) is 12.2 Å². The van der Waals surface area contributed by atoms with Gasteiger partial charge in [0.05, 0.1) is 5.92 Å². The van der Waals surface area contributed by atoms with Gasteiger partial charge in [0, 0.05) is 29.7 Å². The summed E-state index contributed by atoms with van der Waals surface area (Å²) in [5.74, 6) is -0.290. The molecular formula is C19H27ClN2O2. The van der Waals surface area contributed by atoms with E-state index >= 15 is 0 Å². The number of anilines is 1. The van der Waals surface area contributed by atoms with Gasteiger partial charge in [-0.05, 0) is 37.6 Å². The summed E-state index contributed by atoms with van der Waals surface area (Å²) in [7, 11) is 0. The number of unbranched alkanes of at least 4 members (excludes halogenated alkanes) is 3. The standard InChI is InChI=1S/C19H27ClN2O2/c1-3-4-5-6-7-14(2)21-19(24)15-12-18(23)22(13-15)17-10-8-16(20)9-11-17/h8-11,14-15H,3-7,12-13H2,1-2H3,(H,21,24)/t14-,15-/m1/s1. The molecule has 1 aliphatic heterocycles. The van der Waals surface area contributed by atoms with E-state index in [1.165, 1.54) is 19.3 Å². The van der Waals surface area contributed by atoms with Gasteiger partial charge < -0.3 is 10.2 Å². The fraction of sp³-hybridized carbons (Fsp3) is 0.579. The number of carbonyl (C=O) groups is 2. The SMILES string of the molecule is CCCCCC[C@@H](C)NC(=O)[C@@H]1CC(=O)N(c2ccc(Cl)cc2)C1. The second-order valence-electron chi connectivity index (χ2n) is 6.64. The Kier molecular flexibility index (Phi) is 7.10. The van der Waals surface area contributed by atoms with E-state index in [9.17, 15) is 9.59 Å². The zero-order valence-corrected chi connectivity index (χ0v) is 15.3. The quantitative estimate of drug-likeness (QED) is 0.715. The third kappa shape index (κ3) is 5.23. The van der Waals surface area contributed by atoms with E-state index in [1.54, 1.807) is 17.0 Å². The number of nitrogens with zero attached hydrogens (tertiary/aromatic N) is 1. The molecular weight excluding hydrogens is 324 g/mol. The summed E-state index contributed by atoms with van der Waals surface area (Å²) >= 11 is 5.88. The number of rotatable bonds is 8. The summed E-state index contributed by atoms with van der Waals surface area (Å²) in [5.41, 5.74) is 0.798. The van der Waals surface area contributed by atoms with Crippen molar-refractivity contribution in [2.75, 3.05) is 11.4 Å². The summed E-state index contributed by atoms with van der Waals surface area (Å²) in [5, 5.41) is 3.70. The molecule has 0 saturated carbocycles. The molecule has 0 unspecified atom stereocenters. The average Bonchev–Trinajstić information content (AvgIpc) is 2.94. The third-order valence-corrected chi connectivity index (χ3v) is 4.77. The molecule has 2 amide bonds. The predicted molar refractivity (Wildman–Crippen MR) is 98.3 cm³/mol. The largest absolute Gasteiger partial charge is 0.353 e. The van der Waals surface area contributed by atoms with Crippen LogP contribution in [0.4, 0.5) is 5.69 Å². The van der Waals surface area contributed by atoms with E-state index < -0.39 is 0 Å². The lowest BCUT2D eigenvalue weighted by atomic mass is 10.1. The Morgan fingerprint density at radius 3 is 2.67 bits per heavy atom. The average molecular weight is 351 g/mol. The molecule has 1 aliphatic rings. The monoisotopic (exact) mass is 350 g/mol. The lowest BCUT2D eigenvalue weighted by Gasteiger charge is -2.18. The fourth-order valence-electron chi connectivity index (χ4n) is 3.06. The number of nitrogens with one attached hydrogen (secondary N) is 1. The van der Waals surface area contributed by atoms with Crippen LogP contribution in [0, 0.1) is 5.92 Å². The molecule has 1 heterocycles. The van der Waals surface area contributed by atoms with Gasteiger partial charge in [-0.25, -0.2) is 0 Å². The van der Waals surface area contributed by atoms with Crippen molar-refractivity contribution in [2.24, 2.45) is 5.92 Å². The van der Waals surface area contributed by atoms with Crippen molar-refractivity contribution in [3.8, 4) is 0 Å². The highest BCUT2D eigenvalue weighted by Gasteiger charge is 2.35. The number of carbonyl (C=O) groups excluding carboxylic acids is 2. The van der Waals surface area contributed by atoms with E-state index in [0.717, 1.165) is 18.5 Å². The lowest BCUT2D eigenvalue weighted by molar-refractivity contribution is -0.126. The van der Waals surface area contributed by atoms with Gasteiger partial charge in [-0.15, -0.1) is 0 Å². The molecule has 1 saturated heterocycles. The number of halogens is 1. The van der Waals surface area contributed by atoms with Crippen molar-refractivity contribution in [3.63, 3.8) is 0 Å². The zero-order chi connectivity index (χ0) is 17.5. The second-order valence-corrected chi connectivity index (χ2v) is 7.08. The van der Waals surface area contributed by atoms with Crippen LogP contribution in [0.2, 0.25) is 5.02 Å². The summed E-state index contributed by atoms with van der Waals surface area (Å²) in [6.07, 6.45) is 6.07. The molecule has 0 aromatic heterocycles. The van der Waals surface area contributed by atoms with Crippen molar-refractivity contribution in [1.82, 2.24) is 5.32 Å². The molecule has 1 fully saturated rings. The molecule has 0 radical (unpaired) electrons. The van der Waals surface area contributed by atoms with Crippen LogP contribution in [0.3, 0.4) is 0 Å². The number of amides is 2. The third-order valence-electron chi connectivity index (χ3n) is 4.51. The Balaban J connectivity index is 1.83. The van der Waals surface area contributed by atoms with Crippen molar-refractivity contribution >= 4 is 29.1 Å². The maximum atomic E-state index is 12.4. The Bertz CT molecular complexity index is 559. The minimum Gasteiger partial charge on any atom is -0.353 e. The zero-order valence-electron chi connectivity index (χ0n) is 14.6. The van der Waals surface area contributed by atoms with Gasteiger partial charge >= 0.3 is 0 Å². The van der Waals surface area contributed by atoms with Crippen LogP contribution in [0.1, 0.15) is 52.4 Å². The van der Waals surface area contributed by atoms with Crippen LogP contribution in [0.5, 0.6) is 0 Å². The van der Waals surface area contributed by atoms with Gasteiger partial charge in [-0.2, -0.15) is 0 Å². The van der Waals surface area contributed by atoms with Crippen molar-refractivity contribution < 1.29 is 9.59 Å². The van der Waals surface area contributed by atoms with Crippen molar-refractivity contribution in [2.45, 2.75) is 58.4 Å². The fourth-order valence-corrected chi connectivity index (χ4v) is 3.19. The van der Waals surface area contributed by atoms with Gasteiger partial charge in [-0.3, -0.25) is 9.59 Å². The van der Waals surface area contributed by atoms with E-state index in [-0.39, 0.29) is 30.2 Å². The van der Waals surface area contributed by atoms with E-state index in [1.807, 2.05) is 19.1 Å². The number of hydrogen-bond acceptors (Lipinski definition) is 2. The molecule has 1 aromatic carbocycles. The van der Waals surface area contributed by atoms with Crippen molar-refractivity contribution in [3.05, 3.63) is 29.3 Å². The van der Waals surface area contributed by atoms with Crippen LogP contribution in [-0.2, 0) is 9.59 Å². The van der Waals surface area contributed by atoms with E-state index in [4.69, 9.17) is 11.6 Å². The van der Waals surface area contributed by atoms with Crippen LogP contribution < -0.4 is 10.2 Å². The first-order chi connectivity index (χ1) is 11.5. The number of hydrogen-bond donors (Lipinski definition) is 1. The molecule has 1 N–H and O–H groups in total. The predicted octanol–water partition coefficient (Wildman–Crippen LogP) is 4.17. The topological polar surface area (TPSA) is 49.4 Å². The molecule has 2 atom stereocenters. The summed E-state index contributed by atoms with van der Waals surface area (Å²) in [6, 6.07) is 7.31. The molecule has 132 valence electrons. The second kappa shape index (κ2) is 9.07. The summed E-state index contributed by atoms with van der Waals surface area (Å²) in [4.78, 5) is 26.3. The van der Waals surface area contributed by atoms with Crippen molar-refractivity contribution in [1.29, 1.82) is 0 Å². The maximum Gasteiger partial charge on any atom is 0.227 e. The van der Waals surface area contributed by atoms with Gasteiger partial charge in [-0.1, -0.05) is 44.2 Å². The molecule has 0 aliphatic carbocycles. The summed E-state index contributed by atoms with van der Waals surface area (Å²) < 4.78 is 0. The summed E-state index contributed by atoms with van der Waals surface area (Å²) in [6.45, 7) is 4.67. The maximum absolute atomic E-state index is 12.4. The van der Waals surface area contributed by atoms with Crippen LogP contribution >= 0.6 is 11.6 Å². The highest BCUT2D eigenvalue weighted by atomic mass is 35.5. The molecule has 0 spiro atoms.